The highest BCUT2D eigenvalue weighted by Gasteiger charge is 2.52. The van der Waals surface area contributed by atoms with Crippen molar-refractivity contribution in [1.82, 2.24) is 5.32 Å². The summed E-state index contributed by atoms with van der Waals surface area (Å²) in [5.74, 6) is 0.951. The Bertz CT molecular complexity index is 295. The van der Waals surface area contributed by atoms with E-state index in [-0.39, 0.29) is 11.3 Å². The third-order valence-corrected chi connectivity index (χ3v) is 4.42. The van der Waals surface area contributed by atoms with Crippen molar-refractivity contribution in [3.05, 3.63) is 0 Å². The average Bonchev–Trinajstić information content (AvgIpc) is 2.54. The number of hydrogen-bond acceptors (Lipinski definition) is 1. The van der Waals surface area contributed by atoms with Gasteiger partial charge in [-0.15, -0.1) is 0 Å². The first-order valence-corrected chi connectivity index (χ1v) is 6.62. The minimum Gasteiger partial charge on any atom is -0.353 e. The van der Waals surface area contributed by atoms with Gasteiger partial charge in [0.1, 0.15) is 0 Å². The molecule has 1 amide bonds. The van der Waals surface area contributed by atoms with E-state index in [2.05, 4.69) is 33.0 Å². The highest BCUT2D eigenvalue weighted by atomic mass is 16.2. The molecule has 92 valence electrons. The van der Waals surface area contributed by atoms with Crippen LogP contribution in [0.2, 0.25) is 0 Å². The molecule has 1 spiro atoms. The molecule has 2 nitrogen and oxygen atoms in total. The Morgan fingerprint density at radius 1 is 1.38 bits per heavy atom. The van der Waals surface area contributed by atoms with E-state index in [9.17, 15) is 4.79 Å². The molecule has 0 aromatic carbocycles. The predicted octanol–water partition coefficient (Wildman–Crippen LogP) is 3.12. The lowest BCUT2D eigenvalue weighted by atomic mass is 9.73. The highest BCUT2D eigenvalue weighted by Crippen LogP contribution is 2.55. The van der Waals surface area contributed by atoms with Crippen LogP contribution >= 0.6 is 0 Å². The quantitative estimate of drug-likeness (QED) is 0.765. The van der Waals surface area contributed by atoms with Gasteiger partial charge in [-0.2, -0.15) is 0 Å². The monoisotopic (exact) mass is 223 g/mol. The Labute approximate surface area is 99.2 Å². The molecule has 1 aliphatic heterocycles. The Kier molecular flexibility index (Phi) is 2.80. The van der Waals surface area contributed by atoms with Crippen molar-refractivity contribution in [2.45, 2.75) is 65.8 Å². The number of rotatable bonds is 2. The first-order chi connectivity index (χ1) is 7.33. The maximum Gasteiger partial charge on any atom is 0.220 e. The standard InChI is InChI=1S/C14H25NO/c1-10(2)7-11-14(8-12(16)15-11)6-5-13(3,4)9-14/h10-11H,5-9H2,1-4H3,(H,15,16). The van der Waals surface area contributed by atoms with Crippen LogP contribution in [0.3, 0.4) is 0 Å². The summed E-state index contributed by atoms with van der Waals surface area (Å²) in [6.45, 7) is 9.19. The third kappa shape index (κ3) is 2.11. The molecular formula is C14H25NO. The summed E-state index contributed by atoms with van der Waals surface area (Å²) in [4.78, 5) is 11.7. The fourth-order valence-corrected chi connectivity index (χ4v) is 3.79. The first kappa shape index (κ1) is 11.9. The molecule has 2 unspecified atom stereocenters. The molecule has 16 heavy (non-hydrogen) atoms. The molecule has 2 atom stereocenters. The fourth-order valence-electron chi connectivity index (χ4n) is 3.79. The van der Waals surface area contributed by atoms with E-state index >= 15 is 0 Å². The van der Waals surface area contributed by atoms with Crippen molar-refractivity contribution in [3.63, 3.8) is 0 Å². The van der Waals surface area contributed by atoms with E-state index in [1.54, 1.807) is 0 Å². The molecule has 2 fully saturated rings. The van der Waals surface area contributed by atoms with Gasteiger partial charge in [-0.05, 0) is 42.4 Å². The summed E-state index contributed by atoms with van der Waals surface area (Å²) in [5, 5.41) is 3.22. The zero-order chi connectivity index (χ0) is 12.0. The van der Waals surface area contributed by atoms with Crippen LogP contribution in [-0.2, 0) is 4.79 Å². The number of nitrogens with one attached hydrogen (secondary N) is 1. The second-order valence-corrected chi connectivity index (χ2v) is 7.13. The van der Waals surface area contributed by atoms with Gasteiger partial charge in [0.25, 0.3) is 0 Å². The maximum absolute atomic E-state index is 11.7. The van der Waals surface area contributed by atoms with Crippen LogP contribution in [-0.4, -0.2) is 11.9 Å². The van der Waals surface area contributed by atoms with Gasteiger partial charge in [0, 0.05) is 12.5 Å². The number of carbonyl (C=O) groups is 1. The summed E-state index contributed by atoms with van der Waals surface area (Å²) in [5.41, 5.74) is 0.715. The summed E-state index contributed by atoms with van der Waals surface area (Å²) in [6.07, 6.45) is 5.64. The minimum absolute atomic E-state index is 0.281. The molecule has 0 bridgehead atoms. The van der Waals surface area contributed by atoms with Crippen molar-refractivity contribution in [2.24, 2.45) is 16.7 Å². The zero-order valence-electron chi connectivity index (χ0n) is 11.1. The second kappa shape index (κ2) is 3.75. The van der Waals surface area contributed by atoms with Gasteiger partial charge >= 0.3 is 0 Å². The normalized spacial score (nSPS) is 37.3. The van der Waals surface area contributed by atoms with Crippen LogP contribution < -0.4 is 5.32 Å². The Morgan fingerprint density at radius 2 is 2.06 bits per heavy atom. The van der Waals surface area contributed by atoms with Crippen LogP contribution in [0.15, 0.2) is 0 Å². The van der Waals surface area contributed by atoms with Crippen LogP contribution in [0.1, 0.15) is 59.8 Å². The Balaban J connectivity index is 2.15. The topological polar surface area (TPSA) is 29.1 Å². The van der Waals surface area contributed by atoms with Crippen molar-refractivity contribution < 1.29 is 4.79 Å². The van der Waals surface area contributed by atoms with Crippen LogP contribution in [0.4, 0.5) is 0 Å². The van der Waals surface area contributed by atoms with E-state index in [4.69, 9.17) is 0 Å². The van der Waals surface area contributed by atoms with E-state index in [0.29, 0.717) is 17.4 Å². The van der Waals surface area contributed by atoms with E-state index < -0.39 is 0 Å². The Morgan fingerprint density at radius 3 is 2.56 bits per heavy atom. The minimum atomic E-state index is 0.281. The van der Waals surface area contributed by atoms with E-state index in [1.807, 2.05) is 0 Å². The van der Waals surface area contributed by atoms with Crippen molar-refractivity contribution in [1.29, 1.82) is 0 Å². The van der Waals surface area contributed by atoms with Gasteiger partial charge in [0.2, 0.25) is 5.91 Å². The molecule has 2 rings (SSSR count). The van der Waals surface area contributed by atoms with Gasteiger partial charge in [0.15, 0.2) is 0 Å². The van der Waals surface area contributed by atoms with Crippen molar-refractivity contribution in [2.75, 3.05) is 0 Å². The Hall–Kier alpha value is -0.530. The first-order valence-electron chi connectivity index (χ1n) is 6.62. The summed E-state index contributed by atoms with van der Waals surface area (Å²) >= 11 is 0. The predicted molar refractivity (Wildman–Crippen MR) is 66.1 cm³/mol. The fraction of sp³-hybridized carbons (Fsp3) is 0.929. The largest absolute Gasteiger partial charge is 0.353 e. The second-order valence-electron chi connectivity index (χ2n) is 7.13. The van der Waals surface area contributed by atoms with Gasteiger partial charge in [-0.1, -0.05) is 27.7 Å². The molecule has 0 aromatic rings. The average molecular weight is 223 g/mol. The van der Waals surface area contributed by atoms with E-state index in [0.717, 1.165) is 12.8 Å². The molecule has 2 aliphatic rings. The van der Waals surface area contributed by atoms with Crippen molar-refractivity contribution >= 4 is 5.91 Å². The molecule has 1 N–H and O–H groups in total. The summed E-state index contributed by atoms with van der Waals surface area (Å²) in [7, 11) is 0. The highest BCUT2D eigenvalue weighted by molar-refractivity contribution is 5.80. The molecule has 1 saturated heterocycles. The molecule has 1 aliphatic carbocycles. The van der Waals surface area contributed by atoms with Gasteiger partial charge in [0.05, 0.1) is 0 Å². The summed E-state index contributed by atoms with van der Waals surface area (Å²) < 4.78 is 0. The maximum atomic E-state index is 11.7. The smallest absolute Gasteiger partial charge is 0.220 e. The zero-order valence-corrected chi connectivity index (χ0v) is 11.1. The molecule has 1 saturated carbocycles. The van der Waals surface area contributed by atoms with Gasteiger partial charge in [-0.3, -0.25) is 4.79 Å². The van der Waals surface area contributed by atoms with Crippen molar-refractivity contribution in [3.8, 4) is 0 Å². The van der Waals surface area contributed by atoms with Gasteiger partial charge in [-0.25, -0.2) is 0 Å². The lowest BCUT2D eigenvalue weighted by Gasteiger charge is -2.32. The van der Waals surface area contributed by atoms with Crippen LogP contribution in [0.25, 0.3) is 0 Å². The summed E-state index contributed by atoms with van der Waals surface area (Å²) in [6, 6.07) is 0.432. The number of amides is 1. The third-order valence-electron chi connectivity index (χ3n) is 4.42. The van der Waals surface area contributed by atoms with E-state index in [1.165, 1.54) is 19.3 Å². The number of hydrogen-bond donors (Lipinski definition) is 1. The van der Waals surface area contributed by atoms with Crippen LogP contribution in [0.5, 0.6) is 0 Å². The lowest BCUT2D eigenvalue weighted by Crippen LogP contribution is -2.37. The SMILES string of the molecule is CC(C)CC1NC(=O)CC12CCC(C)(C)C2. The molecule has 0 aromatic heterocycles. The lowest BCUT2D eigenvalue weighted by molar-refractivity contribution is -0.119. The molecule has 2 heteroatoms. The molecule has 1 heterocycles. The number of carbonyl (C=O) groups excluding carboxylic acids is 1. The van der Waals surface area contributed by atoms with Gasteiger partial charge < -0.3 is 5.32 Å². The molecular weight excluding hydrogens is 198 g/mol. The van der Waals surface area contributed by atoms with Crippen LogP contribution in [0, 0.1) is 16.7 Å². The molecule has 0 radical (unpaired) electrons.